The van der Waals surface area contributed by atoms with Crippen molar-refractivity contribution < 1.29 is 17.6 Å². The molecule has 2 aromatic carbocycles. The van der Waals surface area contributed by atoms with E-state index < -0.39 is 15.8 Å². The SMILES string of the molecule is CCN(C(=O)CCNS(=O)(=O)c1ccc(F)cc1)c1ccccc1C. The fraction of sp³-hybridized carbons (Fsp3) is 0.278. The third kappa shape index (κ3) is 4.87. The van der Waals surface area contributed by atoms with Crippen molar-refractivity contribution in [1.82, 2.24) is 4.72 Å². The number of halogens is 1. The number of nitrogens with zero attached hydrogens (tertiary/aromatic N) is 1. The van der Waals surface area contributed by atoms with Crippen LogP contribution in [0, 0.1) is 12.7 Å². The Labute approximate surface area is 147 Å². The normalized spacial score (nSPS) is 11.3. The molecule has 0 saturated heterocycles. The third-order valence-electron chi connectivity index (χ3n) is 3.78. The number of sulfonamides is 1. The van der Waals surface area contributed by atoms with E-state index in [9.17, 15) is 17.6 Å². The van der Waals surface area contributed by atoms with Gasteiger partial charge in [0, 0.05) is 25.2 Å². The monoisotopic (exact) mass is 364 g/mol. The van der Waals surface area contributed by atoms with Crippen molar-refractivity contribution in [3.05, 3.63) is 59.9 Å². The van der Waals surface area contributed by atoms with E-state index in [1.165, 1.54) is 12.1 Å². The zero-order chi connectivity index (χ0) is 18.4. The molecule has 0 bridgehead atoms. The number of para-hydroxylation sites is 1. The molecule has 0 saturated carbocycles. The summed E-state index contributed by atoms with van der Waals surface area (Å²) in [6.45, 7) is 4.25. The summed E-state index contributed by atoms with van der Waals surface area (Å²) < 4.78 is 39.5. The predicted molar refractivity (Wildman–Crippen MR) is 95.4 cm³/mol. The van der Waals surface area contributed by atoms with Gasteiger partial charge in [-0.25, -0.2) is 17.5 Å². The van der Waals surface area contributed by atoms with E-state index in [0.29, 0.717) is 6.54 Å². The van der Waals surface area contributed by atoms with E-state index in [2.05, 4.69) is 4.72 Å². The number of carbonyl (C=O) groups excluding carboxylic acids is 1. The Balaban J connectivity index is 1.99. The fourth-order valence-electron chi connectivity index (χ4n) is 2.47. The highest BCUT2D eigenvalue weighted by molar-refractivity contribution is 7.89. The van der Waals surface area contributed by atoms with Crippen LogP contribution in [0.4, 0.5) is 10.1 Å². The van der Waals surface area contributed by atoms with Gasteiger partial charge >= 0.3 is 0 Å². The van der Waals surface area contributed by atoms with Crippen molar-refractivity contribution in [3.63, 3.8) is 0 Å². The van der Waals surface area contributed by atoms with Gasteiger partial charge in [-0.15, -0.1) is 0 Å². The maximum atomic E-state index is 12.9. The Morgan fingerprint density at radius 2 is 1.76 bits per heavy atom. The lowest BCUT2D eigenvalue weighted by atomic mass is 10.1. The Bertz CT molecular complexity index is 836. The van der Waals surface area contributed by atoms with E-state index in [1.54, 1.807) is 4.90 Å². The van der Waals surface area contributed by atoms with Gasteiger partial charge in [0.2, 0.25) is 15.9 Å². The second-order valence-electron chi connectivity index (χ2n) is 5.53. The Morgan fingerprint density at radius 1 is 1.12 bits per heavy atom. The van der Waals surface area contributed by atoms with E-state index in [1.807, 2.05) is 38.1 Å². The van der Waals surface area contributed by atoms with Gasteiger partial charge in [0.05, 0.1) is 4.90 Å². The molecule has 2 rings (SSSR count). The molecule has 0 spiro atoms. The first-order valence-electron chi connectivity index (χ1n) is 7.96. The standard InChI is InChI=1S/C18H21FN2O3S/c1-3-21(17-7-5-4-6-14(17)2)18(22)12-13-20-25(23,24)16-10-8-15(19)9-11-16/h4-11,20H,3,12-13H2,1-2H3. The second-order valence-corrected chi connectivity index (χ2v) is 7.29. The van der Waals surface area contributed by atoms with Gasteiger partial charge in [-0.3, -0.25) is 4.79 Å². The summed E-state index contributed by atoms with van der Waals surface area (Å²) in [6, 6.07) is 12.1. The molecule has 5 nitrogen and oxygen atoms in total. The molecule has 2 aromatic rings. The second kappa shape index (κ2) is 8.22. The lowest BCUT2D eigenvalue weighted by Gasteiger charge is -2.23. The molecule has 0 aliphatic rings. The van der Waals surface area contributed by atoms with Crippen molar-refractivity contribution in [2.24, 2.45) is 0 Å². The molecule has 0 unspecified atom stereocenters. The predicted octanol–water partition coefficient (Wildman–Crippen LogP) is 2.86. The van der Waals surface area contributed by atoms with E-state index in [-0.39, 0.29) is 23.8 Å². The van der Waals surface area contributed by atoms with Crippen LogP contribution in [0.15, 0.2) is 53.4 Å². The summed E-state index contributed by atoms with van der Waals surface area (Å²) in [6.07, 6.45) is 0.0304. The summed E-state index contributed by atoms with van der Waals surface area (Å²) >= 11 is 0. The van der Waals surface area contributed by atoms with Crippen LogP contribution in [0.5, 0.6) is 0 Å². The van der Waals surface area contributed by atoms with Crippen molar-refractivity contribution in [2.45, 2.75) is 25.2 Å². The van der Waals surface area contributed by atoms with Gasteiger partial charge in [-0.1, -0.05) is 18.2 Å². The molecule has 1 amide bonds. The highest BCUT2D eigenvalue weighted by Gasteiger charge is 2.18. The topological polar surface area (TPSA) is 66.5 Å². The lowest BCUT2D eigenvalue weighted by Crippen LogP contribution is -2.34. The summed E-state index contributed by atoms with van der Waals surface area (Å²) in [5.74, 6) is -0.676. The fourth-order valence-corrected chi connectivity index (χ4v) is 3.50. The maximum Gasteiger partial charge on any atom is 0.240 e. The molecule has 0 atom stereocenters. The number of benzene rings is 2. The summed E-state index contributed by atoms with van der Waals surface area (Å²) in [5.41, 5.74) is 1.79. The van der Waals surface area contributed by atoms with Crippen LogP contribution in [0.1, 0.15) is 18.9 Å². The molecular formula is C18H21FN2O3S. The van der Waals surface area contributed by atoms with Crippen LogP contribution >= 0.6 is 0 Å². The summed E-state index contributed by atoms with van der Waals surface area (Å²) in [5, 5.41) is 0. The van der Waals surface area contributed by atoms with Crippen LogP contribution in [-0.2, 0) is 14.8 Å². The molecule has 0 aliphatic heterocycles. The number of hydrogen-bond donors (Lipinski definition) is 1. The summed E-state index contributed by atoms with van der Waals surface area (Å²) in [4.78, 5) is 14.0. The first-order chi connectivity index (χ1) is 11.8. The number of amides is 1. The smallest absolute Gasteiger partial charge is 0.240 e. The van der Waals surface area contributed by atoms with Crippen LogP contribution in [0.25, 0.3) is 0 Å². The van der Waals surface area contributed by atoms with Crippen LogP contribution in [-0.4, -0.2) is 27.4 Å². The zero-order valence-electron chi connectivity index (χ0n) is 14.2. The van der Waals surface area contributed by atoms with Crippen molar-refractivity contribution in [2.75, 3.05) is 18.0 Å². The van der Waals surface area contributed by atoms with Gasteiger partial charge in [0.25, 0.3) is 0 Å². The van der Waals surface area contributed by atoms with Crippen molar-refractivity contribution in [3.8, 4) is 0 Å². The average Bonchev–Trinajstić information content (AvgIpc) is 2.57. The Kier molecular flexibility index (Phi) is 6.27. The van der Waals surface area contributed by atoms with E-state index in [4.69, 9.17) is 0 Å². The van der Waals surface area contributed by atoms with Crippen LogP contribution < -0.4 is 9.62 Å². The minimum absolute atomic E-state index is 0.0269. The highest BCUT2D eigenvalue weighted by Crippen LogP contribution is 2.20. The number of rotatable bonds is 7. The molecule has 0 heterocycles. The minimum atomic E-state index is -3.77. The van der Waals surface area contributed by atoms with Crippen LogP contribution in [0.3, 0.4) is 0 Å². The average molecular weight is 364 g/mol. The van der Waals surface area contributed by atoms with E-state index >= 15 is 0 Å². The van der Waals surface area contributed by atoms with Gasteiger partial charge in [0.1, 0.15) is 5.82 Å². The van der Waals surface area contributed by atoms with Gasteiger partial charge in [-0.05, 0) is 49.7 Å². The molecule has 0 radical (unpaired) electrons. The highest BCUT2D eigenvalue weighted by atomic mass is 32.2. The molecule has 134 valence electrons. The number of aryl methyl sites for hydroxylation is 1. The molecule has 1 N–H and O–H groups in total. The number of carbonyl (C=O) groups is 1. The maximum absolute atomic E-state index is 12.9. The largest absolute Gasteiger partial charge is 0.312 e. The first kappa shape index (κ1) is 19.1. The quantitative estimate of drug-likeness (QED) is 0.821. The van der Waals surface area contributed by atoms with Gasteiger partial charge < -0.3 is 4.90 Å². The zero-order valence-corrected chi connectivity index (χ0v) is 15.0. The number of nitrogens with one attached hydrogen (secondary N) is 1. The number of hydrogen-bond acceptors (Lipinski definition) is 3. The molecule has 25 heavy (non-hydrogen) atoms. The van der Waals surface area contributed by atoms with Crippen molar-refractivity contribution in [1.29, 1.82) is 0 Å². The molecular weight excluding hydrogens is 343 g/mol. The molecule has 7 heteroatoms. The third-order valence-corrected chi connectivity index (χ3v) is 5.26. The first-order valence-corrected chi connectivity index (χ1v) is 9.44. The Morgan fingerprint density at radius 3 is 2.36 bits per heavy atom. The molecule has 0 aromatic heterocycles. The summed E-state index contributed by atoms with van der Waals surface area (Å²) in [7, 11) is -3.77. The van der Waals surface area contributed by atoms with Gasteiger partial charge in [0.15, 0.2) is 0 Å². The molecule has 0 fully saturated rings. The lowest BCUT2D eigenvalue weighted by molar-refractivity contribution is -0.118. The van der Waals surface area contributed by atoms with Crippen molar-refractivity contribution >= 4 is 21.6 Å². The Hall–Kier alpha value is -2.25. The molecule has 0 aliphatic carbocycles. The minimum Gasteiger partial charge on any atom is -0.312 e. The van der Waals surface area contributed by atoms with E-state index in [0.717, 1.165) is 23.4 Å². The van der Waals surface area contributed by atoms with Gasteiger partial charge in [-0.2, -0.15) is 0 Å². The van der Waals surface area contributed by atoms with Crippen LogP contribution in [0.2, 0.25) is 0 Å². The number of anilines is 1.